The molecule has 7 heteroatoms. The molecule has 0 bridgehead atoms. The highest BCUT2D eigenvalue weighted by molar-refractivity contribution is 5.90. The first-order valence-corrected chi connectivity index (χ1v) is 10.0. The molecule has 0 atom stereocenters. The van der Waals surface area contributed by atoms with Gasteiger partial charge < -0.3 is 14.5 Å². The second-order valence-electron chi connectivity index (χ2n) is 7.12. The van der Waals surface area contributed by atoms with Gasteiger partial charge in [0.25, 0.3) is 0 Å². The van der Waals surface area contributed by atoms with Crippen molar-refractivity contribution in [2.75, 3.05) is 5.32 Å². The zero-order valence-electron chi connectivity index (χ0n) is 17.1. The van der Waals surface area contributed by atoms with Gasteiger partial charge in [-0.05, 0) is 54.1 Å². The van der Waals surface area contributed by atoms with Crippen LogP contribution in [0.5, 0.6) is 5.75 Å². The highest BCUT2D eigenvalue weighted by Crippen LogP contribution is 2.22. The quantitative estimate of drug-likeness (QED) is 0.382. The van der Waals surface area contributed by atoms with Gasteiger partial charge in [-0.3, -0.25) is 4.79 Å². The zero-order chi connectivity index (χ0) is 22.3. The van der Waals surface area contributed by atoms with Crippen molar-refractivity contribution in [1.82, 2.24) is 4.98 Å². The molecular formula is C25H20F2N2O3. The summed E-state index contributed by atoms with van der Waals surface area (Å²) in [6.07, 6.45) is 2.07. The highest BCUT2D eigenvalue weighted by Gasteiger charge is 2.10. The van der Waals surface area contributed by atoms with Crippen molar-refractivity contribution in [2.24, 2.45) is 0 Å². The van der Waals surface area contributed by atoms with Crippen molar-refractivity contribution in [3.05, 3.63) is 102 Å². The summed E-state index contributed by atoms with van der Waals surface area (Å²) in [5.41, 5.74) is 2.16. The number of nitrogens with one attached hydrogen (secondary N) is 1. The van der Waals surface area contributed by atoms with Crippen molar-refractivity contribution in [3.63, 3.8) is 0 Å². The molecule has 0 spiro atoms. The molecule has 0 fully saturated rings. The van der Waals surface area contributed by atoms with E-state index in [9.17, 15) is 13.6 Å². The molecule has 162 valence electrons. The lowest BCUT2D eigenvalue weighted by molar-refractivity contribution is -0.116. The molecule has 0 aliphatic rings. The average Bonchev–Trinajstić information content (AvgIpc) is 3.27. The molecule has 1 amide bonds. The van der Waals surface area contributed by atoms with Gasteiger partial charge in [0.2, 0.25) is 5.91 Å². The summed E-state index contributed by atoms with van der Waals surface area (Å²) < 4.78 is 37.4. The number of hydrogen-bond donors (Lipinski definition) is 1. The fraction of sp³-hybridized carbons (Fsp3) is 0.120. The number of benzene rings is 3. The second kappa shape index (κ2) is 9.87. The molecule has 4 aromatic rings. The predicted molar refractivity (Wildman–Crippen MR) is 116 cm³/mol. The van der Waals surface area contributed by atoms with Crippen molar-refractivity contribution in [2.45, 2.75) is 19.4 Å². The topological polar surface area (TPSA) is 64.4 Å². The number of halogens is 2. The van der Waals surface area contributed by atoms with Gasteiger partial charge in [0.1, 0.15) is 24.0 Å². The van der Waals surface area contributed by atoms with E-state index in [-0.39, 0.29) is 30.6 Å². The SMILES string of the molecule is O=C(CCc1ncc(-c2ccc(F)cc2)o1)Nc1cccc(OCc2ccc(F)cc2)c1. The standard InChI is InChI=1S/C25H20F2N2O3/c26-19-8-4-17(5-9-19)16-31-22-3-1-2-21(14-22)29-24(30)12-13-25-28-15-23(32-25)18-6-10-20(27)11-7-18/h1-11,14-15H,12-13,16H2,(H,29,30). The van der Waals surface area contributed by atoms with Crippen molar-refractivity contribution in [3.8, 4) is 17.1 Å². The Labute approximate surface area is 183 Å². The van der Waals surface area contributed by atoms with Crippen LogP contribution >= 0.6 is 0 Å². The Balaban J connectivity index is 1.28. The normalized spacial score (nSPS) is 10.7. The first-order chi connectivity index (χ1) is 15.5. The number of nitrogens with zero attached hydrogens (tertiary/aromatic N) is 1. The van der Waals surface area contributed by atoms with Crippen LogP contribution in [0.1, 0.15) is 17.9 Å². The molecule has 1 N–H and O–H groups in total. The summed E-state index contributed by atoms with van der Waals surface area (Å²) in [6, 6.07) is 19.0. The molecule has 3 aromatic carbocycles. The van der Waals surface area contributed by atoms with Crippen LogP contribution < -0.4 is 10.1 Å². The molecule has 1 aromatic heterocycles. The number of aromatic nitrogens is 1. The van der Waals surface area contributed by atoms with Gasteiger partial charge in [0, 0.05) is 30.2 Å². The largest absolute Gasteiger partial charge is 0.489 e. The number of hydrogen-bond acceptors (Lipinski definition) is 4. The maximum Gasteiger partial charge on any atom is 0.224 e. The first kappa shape index (κ1) is 21.2. The Hall–Kier alpha value is -4.00. The lowest BCUT2D eigenvalue weighted by atomic mass is 10.2. The van der Waals surface area contributed by atoms with Gasteiger partial charge in [-0.1, -0.05) is 18.2 Å². The summed E-state index contributed by atoms with van der Waals surface area (Å²) in [6.45, 7) is 0.290. The van der Waals surface area contributed by atoms with Crippen LogP contribution in [0.15, 0.2) is 83.4 Å². The molecular weight excluding hydrogens is 414 g/mol. The molecule has 5 nitrogen and oxygen atoms in total. The molecule has 0 radical (unpaired) electrons. The molecule has 0 aliphatic carbocycles. The molecule has 0 saturated carbocycles. The van der Waals surface area contributed by atoms with Crippen molar-refractivity contribution in [1.29, 1.82) is 0 Å². The Morgan fingerprint density at radius 1 is 0.969 bits per heavy atom. The lowest BCUT2D eigenvalue weighted by Gasteiger charge is -2.09. The zero-order valence-corrected chi connectivity index (χ0v) is 17.1. The number of oxazole rings is 1. The van der Waals surface area contributed by atoms with Gasteiger partial charge >= 0.3 is 0 Å². The maximum atomic E-state index is 13.0. The third kappa shape index (κ3) is 5.78. The van der Waals surface area contributed by atoms with Crippen LogP contribution in [-0.2, 0) is 17.8 Å². The minimum absolute atomic E-state index is 0.185. The van der Waals surface area contributed by atoms with E-state index in [1.54, 1.807) is 54.7 Å². The smallest absolute Gasteiger partial charge is 0.224 e. The Morgan fingerprint density at radius 3 is 2.44 bits per heavy atom. The van der Waals surface area contributed by atoms with Crippen LogP contribution in [0.25, 0.3) is 11.3 Å². The van der Waals surface area contributed by atoms with Gasteiger partial charge in [-0.25, -0.2) is 13.8 Å². The van der Waals surface area contributed by atoms with Crippen molar-refractivity contribution >= 4 is 11.6 Å². The van der Waals surface area contributed by atoms with E-state index < -0.39 is 0 Å². The fourth-order valence-corrected chi connectivity index (χ4v) is 3.03. The third-order valence-electron chi connectivity index (χ3n) is 4.68. The van der Waals surface area contributed by atoms with Crippen LogP contribution in [-0.4, -0.2) is 10.9 Å². The number of rotatable bonds is 8. The predicted octanol–water partition coefficient (Wildman–Crippen LogP) is 5.77. The first-order valence-electron chi connectivity index (χ1n) is 10.0. The van der Waals surface area contributed by atoms with Gasteiger partial charge in [-0.15, -0.1) is 0 Å². The van der Waals surface area contributed by atoms with Gasteiger partial charge in [0.05, 0.1) is 6.20 Å². The number of anilines is 1. The van der Waals surface area contributed by atoms with Crippen LogP contribution in [0, 0.1) is 11.6 Å². The Morgan fingerprint density at radius 2 is 1.69 bits per heavy atom. The maximum absolute atomic E-state index is 13.0. The summed E-state index contributed by atoms with van der Waals surface area (Å²) in [4.78, 5) is 16.5. The number of carbonyl (C=O) groups is 1. The number of aryl methyl sites for hydroxylation is 1. The Kier molecular flexibility index (Phi) is 6.55. The lowest BCUT2D eigenvalue weighted by Crippen LogP contribution is -2.12. The third-order valence-corrected chi connectivity index (χ3v) is 4.68. The molecule has 0 unspecified atom stereocenters. The molecule has 0 saturated heterocycles. The van der Waals surface area contributed by atoms with E-state index in [2.05, 4.69) is 10.3 Å². The van der Waals surface area contributed by atoms with E-state index in [1.165, 1.54) is 24.3 Å². The van der Waals surface area contributed by atoms with E-state index in [1.807, 2.05) is 0 Å². The second-order valence-corrected chi connectivity index (χ2v) is 7.12. The van der Waals surface area contributed by atoms with Crippen LogP contribution in [0.4, 0.5) is 14.5 Å². The number of carbonyl (C=O) groups excluding carboxylic acids is 1. The highest BCUT2D eigenvalue weighted by atomic mass is 19.1. The van der Waals surface area contributed by atoms with Gasteiger partial charge in [-0.2, -0.15) is 0 Å². The molecule has 4 rings (SSSR count). The molecule has 0 aliphatic heterocycles. The van der Waals surface area contributed by atoms with E-state index in [0.29, 0.717) is 35.1 Å². The number of ether oxygens (including phenoxy) is 1. The Bertz CT molecular complexity index is 1190. The molecule has 1 heterocycles. The minimum atomic E-state index is -0.324. The molecule has 32 heavy (non-hydrogen) atoms. The van der Waals surface area contributed by atoms with Crippen molar-refractivity contribution < 1.29 is 22.7 Å². The van der Waals surface area contributed by atoms with Crippen LogP contribution in [0.2, 0.25) is 0 Å². The summed E-state index contributed by atoms with van der Waals surface area (Å²) >= 11 is 0. The van der Waals surface area contributed by atoms with E-state index in [4.69, 9.17) is 9.15 Å². The average molecular weight is 434 g/mol. The minimum Gasteiger partial charge on any atom is -0.489 e. The summed E-state index contributed by atoms with van der Waals surface area (Å²) in [7, 11) is 0. The van der Waals surface area contributed by atoms with E-state index >= 15 is 0 Å². The van der Waals surface area contributed by atoms with Gasteiger partial charge in [0.15, 0.2) is 11.7 Å². The monoisotopic (exact) mass is 434 g/mol. The summed E-state index contributed by atoms with van der Waals surface area (Å²) in [5, 5.41) is 2.82. The summed E-state index contributed by atoms with van der Waals surface area (Å²) in [5.74, 6) is 0.721. The van der Waals surface area contributed by atoms with Crippen LogP contribution in [0.3, 0.4) is 0 Å². The number of amides is 1. The van der Waals surface area contributed by atoms with E-state index in [0.717, 1.165) is 5.56 Å². The fourth-order valence-electron chi connectivity index (χ4n) is 3.03.